The molecule has 2 saturated heterocycles. The second-order valence-corrected chi connectivity index (χ2v) is 7.26. The highest BCUT2D eigenvalue weighted by molar-refractivity contribution is 5.33. The van der Waals surface area contributed by atoms with Crippen LogP contribution in [0.2, 0.25) is 0 Å². The average Bonchev–Trinajstić information content (AvgIpc) is 2.63. The van der Waals surface area contributed by atoms with Crippen LogP contribution in [-0.4, -0.2) is 49.1 Å². The van der Waals surface area contributed by atoms with E-state index in [2.05, 4.69) is 47.1 Å². The van der Waals surface area contributed by atoms with Crippen molar-refractivity contribution in [2.75, 3.05) is 39.3 Å². The summed E-state index contributed by atoms with van der Waals surface area (Å²) in [5.74, 6) is 0.815. The Morgan fingerprint density at radius 2 is 1.87 bits per heavy atom. The fraction of sp³-hybridized carbons (Fsp3) is 0.650. The van der Waals surface area contributed by atoms with Gasteiger partial charge in [0, 0.05) is 13.1 Å². The van der Waals surface area contributed by atoms with Crippen LogP contribution in [0.25, 0.3) is 0 Å². The maximum Gasteiger partial charge on any atom is 0.0846 e. The Kier molecular flexibility index (Phi) is 5.35. The van der Waals surface area contributed by atoms with Crippen LogP contribution in [0.1, 0.15) is 38.2 Å². The van der Waals surface area contributed by atoms with Crippen molar-refractivity contribution in [3.8, 4) is 6.07 Å². The topological polar surface area (TPSA) is 30.3 Å². The number of likely N-dealkylation sites (tertiary alicyclic amines) is 2. The summed E-state index contributed by atoms with van der Waals surface area (Å²) in [6.07, 6.45) is 4.66. The molecule has 124 valence electrons. The van der Waals surface area contributed by atoms with Gasteiger partial charge in [-0.05, 0) is 63.3 Å². The van der Waals surface area contributed by atoms with Gasteiger partial charge >= 0.3 is 0 Å². The van der Waals surface area contributed by atoms with Gasteiger partial charge in [0.1, 0.15) is 0 Å². The molecule has 2 aliphatic heterocycles. The third-order valence-electron chi connectivity index (χ3n) is 5.82. The molecule has 0 amide bonds. The Balaban J connectivity index is 1.57. The molecular formula is C20H29N3. The molecule has 2 aliphatic rings. The van der Waals surface area contributed by atoms with Crippen LogP contribution in [0.4, 0.5) is 0 Å². The van der Waals surface area contributed by atoms with E-state index in [1.165, 1.54) is 44.6 Å². The molecule has 0 spiro atoms. The molecule has 1 aromatic rings. The summed E-state index contributed by atoms with van der Waals surface area (Å²) >= 11 is 0. The van der Waals surface area contributed by atoms with E-state index >= 15 is 0 Å². The highest BCUT2D eigenvalue weighted by atomic mass is 15.2. The Morgan fingerprint density at radius 1 is 1.13 bits per heavy atom. The Morgan fingerprint density at radius 3 is 2.52 bits per heavy atom. The van der Waals surface area contributed by atoms with Crippen LogP contribution in [0.3, 0.4) is 0 Å². The number of piperidine rings is 2. The zero-order valence-corrected chi connectivity index (χ0v) is 14.4. The predicted molar refractivity (Wildman–Crippen MR) is 94.2 cm³/mol. The van der Waals surface area contributed by atoms with Crippen LogP contribution in [-0.2, 0) is 5.41 Å². The monoisotopic (exact) mass is 311 g/mol. The van der Waals surface area contributed by atoms with Crippen LogP contribution >= 0.6 is 0 Å². The first-order valence-corrected chi connectivity index (χ1v) is 9.17. The van der Waals surface area contributed by atoms with Crippen molar-refractivity contribution in [1.29, 1.82) is 5.26 Å². The highest BCUT2D eigenvalue weighted by Crippen LogP contribution is 2.35. The minimum absolute atomic E-state index is 0.264. The standard InChI is InChI=1S/C20H29N3/c1-2-22-12-6-7-18(15-22)16-23-13-10-20(17-21,11-14-23)19-8-4-3-5-9-19/h3-5,8-9,18H,2,6-7,10-16H2,1H3. The number of hydrogen-bond acceptors (Lipinski definition) is 3. The minimum Gasteiger partial charge on any atom is -0.303 e. The van der Waals surface area contributed by atoms with Crippen molar-refractivity contribution in [1.82, 2.24) is 9.80 Å². The second-order valence-electron chi connectivity index (χ2n) is 7.26. The van der Waals surface area contributed by atoms with E-state index in [-0.39, 0.29) is 5.41 Å². The molecule has 3 rings (SSSR count). The summed E-state index contributed by atoms with van der Waals surface area (Å²) in [4.78, 5) is 5.18. The molecule has 0 bridgehead atoms. The maximum atomic E-state index is 9.79. The van der Waals surface area contributed by atoms with Crippen molar-refractivity contribution in [2.45, 2.75) is 38.0 Å². The molecule has 0 aliphatic carbocycles. The van der Waals surface area contributed by atoms with Gasteiger partial charge in [-0.3, -0.25) is 0 Å². The third-order valence-corrected chi connectivity index (χ3v) is 5.82. The summed E-state index contributed by atoms with van der Waals surface area (Å²) in [6.45, 7) is 9.32. The first-order valence-electron chi connectivity index (χ1n) is 9.17. The lowest BCUT2D eigenvalue weighted by molar-refractivity contribution is 0.113. The lowest BCUT2D eigenvalue weighted by Gasteiger charge is -2.40. The van der Waals surface area contributed by atoms with Gasteiger partial charge in [-0.2, -0.15) is 5.26 Å². The molecule has 2 fully saturated rings. The van der Waals surface area contributed by atoms with E-state index in [0.717, 1.165) is 31.8 Å². The van der Waals surface area contributed by atoms with E-state index in [9.17, 15) is 5.26 Å². The SMILES string of the molecule is CCN1CCCC(CN2CCC(C#N)(c3ccccc3)CC2)C1. The van der Waals surface area contributed by atoms with E-state index in [0.29, 0.717) is 0 Å². The molecule has 0 N–H and O–H groups in total. The van der Waals surface area contributed by atoms with Crippen LogP contribution in [0.15, 0.2) is 30.3 Å². The first-order chi connectivity index (χ1) is 11.3. The van der Waals surface area contributed by atoms with Crippen molar-refractivity contribution < 1.29 is 0 Å². The van der Waals surface area contributed by atoms with E-state index in [1.807, 2.05) is 6.07 Å². The minimum atomic E-state index is -0.264. The molecule has 3 nitrogen and oxygen atoms in total. The summed E-state index contributed by atoms with van der Waals surface area (Å²) in [5.41, 5.74) is 0.941. The van der Waals surface area contributed by atoms with Gasteiger partial charge in [-0.25, -0.2) is 0 Å². The summed E-state index contributed by atoms with van der Waals surface area (Å²) in [7, 11) is 0. The quantitative estimate of drug-likeness (QED) is 0.855. The molecule has 2 heterocycles. The van der Waals surface area contributed by atoms with Gasteiger partial charge in [0.25, 0.3) is 0 Å². The van der Waals surface area contributed by atoms with Gasteiger partial charge in [0.05, 0.1) is 11.5 Å². The lowest BCUT2D eigenvalue weighted by atomic mass is 9.74. The van der Waals surface area contributed by atoms with Gasteiger partial charge in [0.2, 0.25) is 0 Å². The number of nitriles is 1. The molecule has 0 aromatic heterocycles. The van der Waals surface area contributed by atoms with E-state index < -0.39 is 0 Å². The van der Waals surface area contributed by atoms with Crippen LogP contribution in [0.5, 0.6) is 0 Å². The zero-order valence-electron chi connectivity index (χ0n) is 14.4. The van der Waals surface area contributed by atoms with Gasteiger partial charge in [0.15, 0.2) is 0 Å². The molecule has 1 unspecified atom stereocenters. The second kappa shape index (κ2) is 7.47. The number of nitrogens with zero attached hydrogens (tertiary/aromatic N) is 3. The fourth-order valence-electron chi connectivity index (χ4n) is 4.29. The molecule has 0 saturated carbocycles. The molecule has 23 heavy (non-hydrogen) atoms. The Bertz CT molecular complexity index is 526. The van der Waals surface area contributed by atoms with Crippen LogP contribution < -0.4 is 0 Å². The van der Waals surface area contributed by atoms with Crippen molar-refractivity contribution in [2.24, 2.45) is 5.92 Å². The van der Waals surface area contributed by atoms with E-state index in [4.69, 9.17) is 0 Å². The average molecular weight is 311 g/mol. The number of hydrogen-bond donors (Lipinski definition) is 0. The predicted octanol–water partition coefficient (Wildman–Crippen LogP) is 3.28. The number of rotatable bonds is 4. The third kappa shape index (κ3) is 3.76. The molecule has 0 radical (unpaired) electrons. The smallest absolute Gasteiger partial charge is 0.0846 e. The molecular weight excluding hydrogens is 282 g/mol. The normalized spacial score (nSPS) is 25.8. The Hall–Kier alpha value is -1.37. The fourth-order valence-corrected chi connectivity index (χ4v) is 4.29. The van der Waals surface area contributed by atoms with E-state index in [1.54, 1.807) is 0 Å². The van der Waals surface area contributed by atoms with Crippen LogP contribution in [0, 0.1) is 17.2 Å². The van der Waals surface area contributed by atoms with Gasteiger partial charge in [-0.15, -0.1) is 0 Å². The molecule has 3 heteroatoms. The largest absolute Gasteiger partial charge is 0.303 e. The highest BCUT2D eigenvalue weighted by Gasteiger charge is 2.36. The lowest BCUT2D eigenvalue weighted by Crippen LogP contribution is -2.46. The van der Waals surface area contributed by atoms with Gasteiger partial charge in [-0.1, -0.05) is 37.3 Å². The Labute approximate surface area is 140 Å². The van der Waals surface area contributed by atoms with Crippen molar-refractivity contribution in [3.63, 3.8) is 0 Å². The number of benzene rings is 1. The van der Waals surface area contributed by atoms with Crippen molar-refractivity contribution in [3.05, 3.63) is 35.9 Å². The molecule has 1 atom stereocenters. The van der Waals surface area contributed by atoms with Crippen molar-refractivity contribution >= 4 is 0 Å². The summed E-state index contributed by atoms with van der Waals surface area (Å²) in [5, 5.41) is 9.79. The summed E-state index contributed by atoms with van der Waals surface area (Å²) in [6, 6.07) is 13.0. The van der Waals surface area contributed by atoms with Gasteiger partial charge < -0.3 is 9.80 Å². The summed E-state index contributed by atoms with van der Waals surface area (Å²) < 4.78 is 0. The molecule has 1 aromatic carbocycles. The first kappa shape index (κ1) is 16.5. The maximum absolute atomic E-state index is 9.79. The zero-order chi connectivity index (χ0) is 16.1.